The van der Waals surface area contributed by atoms with Crippen molar-refractivity contribution in [3.05, 3.63) is 35.9 Å². The van der Waals surface area contributed by atoms with Crippen LogP contribution in [-0.2, 0) is 9.53 Å². The van der Waals surface area contributed by atoms with Crippen LogP contribution in [-0.4, -0.2) is 36.7 Å². The molecule has 1 fully saturated rings. The lowest BCUT2D eigenvalue weighted by Gasteiger charge is -2.34. The zero-order chi connectivity index (χ0) is 15.4. The molecule has 0 aromatic heterocycles. The molecule has 1 aliphatic heterocycles. The highest BCUT2D eigenvalue weighted by atomic mass is 16.5. The fraction of sp³-hybridized carbons (Fsp3) is 0.588. The predicted octanol–water partition coefficient (Wildman–Crippen LogP) is 2.57. The zero-order valence-electron chi connectivity index (χ0n) is 13.4. The number of carbonyl (C=O) groups is 1. The van der Waals surface area contributed by atoms with Gasteiger partial charge in [0, 0.05) is 7.11 Å². The molecule has 0 saturated carbocycles. The van der Waals surface area contributed by atoms with Crippen LogP contribution in [0.4, 0.5) is 0 Å². The van der Waals surface area contributed by atoms with Crippen LogP contribution in [0.2, 0.25) is 0 Å². The molecule has 0 spiro atoms. The van der Waals surface area contributed by atoms with Crippen molar-refractivity contribution in [2.75, 3.05) is 13.7 Å². The fourth-order valence-corrected chi connectivity index (χ4v) is 3.00. The maximum absolute atomic E-state index is 12.9. The summed E-state index contributed by atoms with van der Waals surface area (Å²) in [7, 11) is 1.69. The minimum atomic E-state index is -0.241. The molecule has 4 nitrogen and oxygen atoms in total. The van der Waals surface area contributed by atoms with Crippen LogP contribution in [0.25, 0.3) is 0 Å². The summed E-state index contributed by atoms with van der Waals surface area (Å²) in [6.45, 7) is 6.96. The standard InChI is InChI=1S/C17H26N2O2/c1-5-15-18-16(13-9-7-6-8-10-13)17(20)19(15)14(11-21-4)12(2)3/h6-10,12,14-16,18H,5,11H2,1-4H3. The van der Waals surface area contributed by atoms with E-state index >= 15 is 0 Å². The highest BCUT2D eigenvalue weighted by Gasteiger charge is 2.43. The topological polar surface area (TPSA) is 41.6 Å². The molecule has 1 amide bonds. The molecule has 1 N–H and O–H groups in total. The molecule has 0 aliphatic carbocycles. The van der Waals surface area contributed by atoms with Gasteiger partial charge in [0.15, 0.2) is 0 Å². The third kappa shape index (κ3) is 3.27. The molecular formula is C17H26N2O2. The Kier molecular flexibility index (Phi) is 5.37. The average Bonchev–Trinajstić information content (AvgIpc) is 2.82. The van der Waals surface area contributed by atoms with E-state index in [1.807, 2.05) is 35.2 Å². The number of amides is 1. The first kappa shape index (κ1) is 16.0. The maximum atomic E-state index is 12.9. The van der Waals surface area contributed by atoms with E-state index in [9.17, 15) is 4.79 Å². The van der Waals surface area contributed by atoms with E-state index in [4.69, 9.17) is 4.74 Å². The first-order valence-corrected chi connectivity index (χ1v) is 7.72. The monoisotopic (exact) mass is 290 g/mol. The van der Waals surface area contributed by atoms with Gasteiger partial charge in [0.05, 0.1) is 18.8 Å². The molecule has 1 aliphatic rings. The average molecular weight is 290 g/mol. The van der Waals surface area contributed by atoms with Gasteiger partial charge in [-0.25, -0.2) is 0 Å². The Balaban J connectivity index is 2.26. The van der Waals surface area contributed by atoms with Crippen molar-refractivity contribution in [1.82, 2.24) is 10.2 Å². The molecule has 0 radical (unpaired) electrons. The highest BCUT2D eigenvalue weighted by Crippen LogP contribution is 2.29. The number of methoxy groups -OCH3 is 1. The van der Waals surface area contributed by atoms with Crippen LogP contribution in [0.1, 0.15) is 38.8 Å². The van der Waals surface area contributed by atoms with Gasteiger partial charge in [-0.3, -0.25) is 10.1 Å². The second-order valence-electron chi connectivity index (χ2n) is 5.95. The quantitative estimate of drug-likeness (QED) is 0.875. The predicted molar refractivity (Wildman–Crippen MR) is 83.7 cm³/mol. The Morgan fingerprint density at radius 1 is 1.29 bits per heavy atom. The van der Waals surface area contributed by atoms with E-state index in [0.29, 0.717) is 12.5 Å². The molecule has 1 aromatic rings. The lowest BCUT2D eigenvalue weighted by Crippen LogP contribution is -2.49. The molecule has 0 bridgehead atoms. The first-order chi connectivity index (χ1) is 10.1. The fourth-order valence-electron chi connectivity index (χ4n) is 3.00. The molecule has 1 aromatic carbocycles. The van der Waals surface area contributed by atoms with Gasteiger partial charge >= 0.3 is 0 Å². The molecule has 4 heteroatoms. The summed E-state index contributed by atoms with van der Waals surface area (Å²) in [6.07, 6.45) is 0.965. The lowest BCUT2D eigenvalue weighted by molar-refractivity contribution is -0.134. The number of ether oxygens (including phenoxy) is 1. The SMILES string of the molecule is CCC1NC(c2ccccc2)C(=O)N1C(COC)C(C)C. The summed E-state index contributed by atoms with van der Waals surface area (Å²) >= 11 is 0. The molecular weight excluding hydrogens is 264 g/mol. The van der Waals surface area contributed by atoms with E-state index < -0.39 is 0 Å². The number of carbonyl (C=O) groups excluding carboxylic acids is 1. The summed E-state index contributed by atoms with van der Waals surface area (Å²) in [5, 5.41) is 3.47. The van der Waals surface area contributed by atoms with Crippen molar-refractivity contribution >= 4 is 5.91 Å². The van der Waals surface area contributed by atoms with Crippen molar-refractivity contribution in [3.8, 4) is 0 Å². The summed E-state index contributed by atoms with van der Waals surface area (Å²) in [5.41, 5.74) is 1.03. The molecule has 3 unspecified atom stereocenters. The minimum absolute atomic E-state index is 0.0743. The summed E-state index contributed by atoms with van der Waals surface area (Å²) in [5.74, 6) is 0.517. The van der Waals surface area contributed by atoms with Crippen molar-refractivity contribution in [3.63, 3.8) is 0 Å². The molecule has 3 atom stereocenters. The Morgan fingerprint density at radius 3 is 2.48 bits per heavy atom. The van der Waals surface area contributed by atoms with Gasteiger partial charge in [-0.1, -0.05) is 51.1 Å². The van der Waals surface area contributed by atoms with Gasteiger partial charge in [-0.15, -0.1) is 0 Å². The molecule has 21 heavy (non-hydrogen) atoms. The van der Waals surface area contributed by atoms with Crippen LogP contribution in [0.3, 0.4) is 0 Å². The number of hydrogen-bond acceptors (Lipinski definition) is 3. The normalized spacial score (nSPS) is 23.9. The smallest absolute Gasteiger partial charge is 0.245 e. The molecule has 116 valence electrons. The first-order valence-electron chi connectivity index (χ1n) is 7.72. The van der Waals surface area contributed by atoms with Crippen molar-refractivity contribution in [2.24, 2.45) is 5.92 Å². The van der Waals surface area contributed by atoms with E-state index in [2.05, 4.69) is 26.1 Å². The second-order valence-corrected chi connectivity index (χ2v) is 5.95. The Bertz CT molecular complexity index is 461. The number of nitrogens with one attached hydrogen (secondary N) is 1. The number of benzene rings is 1. The largest absolute Gasteiger partial charge is 0.383 e. The van der Waals surface area contributed by atoms with E-state index in [1.54, 1.807) is 7.11 Å². The van der Waals surface area contributed by atoms with Gasteiger partial charge in [0.25, 0.3) is 0 Å². The third-order valence-corrected chi connectivity index (χ3v) is 4.18. The van der Waals surface area contributed by atoms with E-state index in [-0.39, 0.29) is 24.2 Å². The van der Waals surface area contributed by atoms with Crippen LogP contribution in [0.15, 0.2) is 30.3 Å². The van der Waals surface area contributed by atoms with Crippen LogP contribution < -0.4 is 5.32 Å². The van der Waals surface area contributed by atoms with Crippen LogP contribution >= 0.6 is 0 Å². The Hall–Kier alpha value is -1.39. The lowest BCUT2D eigenvalue weighted by atomic mass is 10.0. The van der Waals surface area contributed by atoms with Gasteiger partial charge in [0.1, 0.15) is 6.04 Å². The van der Waals surface area contributed by atoms with Gasteiger partial charge in [-0.05, 0) is 17.9 Å². The number of rotatable bonds is 6. The molecule has 1 heterocycles. The molecule has 1 saturated heterocycles. The van der Waals surface area contributed by atoms with E-state index in [1.165, 1.54) is 0 Å². The van der Waals surface area contributed by atoms with Crippen molar-refractivity contribution < 1.29 is 9.53 Å². The zero-order valence-corrected chi connectivity index (χ0v) is 13.4. The highest BCUT2D eigenvalue weighted by molar-refractivity contribution is 5.86. The van der Waals surface area contributed by atoms with Gasteiger partial charge < -0.3 is 9.64 Å². The second kappa shape index (κ2) is 7.05. The van der Waals surface area contributed by atoms with Crippen LogP contribution in [0, 0.1) is 5.92 Å². The number of nitrogens with zero attached hydrogens (tertiary/aromatic N) is 1. The van der Waals surface area contributed by atoms with Crippen molar-refractivity contribution in [2.45, 2.75) is 45.4 Å². The summed E-state index contributed by atoms with van der Waals surface area (Å²) < 4.78 is 5.34. The summed E-state index contributed by atoms with van der Waals surface area (Å²) in [4.78, 5) is 14.9. The van der Waals surface area contributed by atoms with E-state index in [0.717, 1.165) is 12.0 Å². The van der Waals surface area contributed by atoms with Gasteiger partial charge in [0.2, 0.25) is 5.91 Å². The van der Waals surface area contributed by atoms with Gasteiger partial charge in [-0.2, -0.15) is 0 Å². The Morgan fingerprint density at radius 2 is 1.95 bits per heavy atom. The number of hydrogen-bond donors (Lipinski definition) is 1. The maximum Gasteiger partial charge on any atom is 0.245 e. The third-order valence-electron chi connectivity index (χ3n) is 4.18. The summed E-state index contributed by atoms with van der Waals surface area (Å²) in [6, 6.07) is 9.80. The Labute approximate surface area is 127 Å². The van der Waals surface area contributed by atoms with Crippen molar-refractivity contribution in [1.29, 1.82) is 0 Å². The van der Waals surface area contributed by atoms with Crippen LogP contribution in [0.5, 0.6) is 0 Å². The minimum Gasteiger partial charge on any atom is -0.383 e. The molecule has 2 rings (SSSR count).